The summed E-state index contributed by atoms with van der Waals surface area (Å²) < 4.78 is 0. The Morgan fingerprint density at radius 3 is 1.91 bits per heavy atom. The average molecular weight is 300 g/mol. The van der Waals surface area contributed by atoms with Crippen LogP contribution in [0.2, 0.25) is 0 Å². The van der Waals surface area contributed by atoms with Gasteiger partial charge in [0, 0.05) is 24.1 Å². The van der Waals surface area contributed by atoms with Crippen molar-refractivity contribution in [1.82, 2.24) is 10.6 Å². The van der Waals surface area contributed by atoms with Crippen LogP contribution in [-0.2, 0) is 19.2 Å². The van der Waals surface area contributed by atoms with Gasteiger partial charge in [0.15, 0.2) is 5.78 Å². The molecule has 22 heavy (non-hydrogen) atoms. The Kier molecular flexibility index (Phi) is 4.57. The second-order valence-electron chi connectivity index (χ2n) is 4.59. The smallest absolute Gasteiger partial charge is 0.250 e. The summed E-state index contributed by atoms with van der Waals surface area (Å²) in [4.78, 5) is 54.0. The van der Waals surface area contributed by atoms with Gasteiger partial charge in [-0.3, -0.25) is 34.6 Å². The number of ketones is 1. The third-order valence-corrected chi connectivity index (χ3v) is 2.98. The summed E-state index contributed by atoms with van der Waals surface area (Å²) >= 11 is 0. The molecule has 1 aromatic carbocycles. The van der Waals surface area contributed by atoms with Crippen molar-refractivity contribution in [2.75, 3.05) is 0 Å². The van der Waals surface area contributed by atoms with Gasteiger partial charge in [0.25, 0.3) is 11.8 Å². The second kappa shape index (κ2) is 6.57. The summed E-state index contributed by atoms with van der Waals surface area (Å²) in [5, 5.41) is 4.15. The van der Waals surface area contributed by atoms with Crippen LogP contribution in [0.15, 0.2) is 42.5 Å². The number of carbonyl (C=O) groups is 5. The minimum atomic E-state index is -0.847. The predicted octanol–water partition coefficient (Wildman–Crippen LogP) is -0.269. The molecule has 2 N–H and O–H groups in total. The first-order valence-corrected chi connectivity index (χ1v) is 6.43. The Bertz CT molecular complexity index is 662. The molecule has 0 aromatic heterocycles. The molecule has 1 aromatic rings. The van der Waals surface area contributed by atoms with Crippen molar-refractivity contribution in [1.29, 1.82) is 0 Å². The highest BCUT2D eigenvalue weighted by Crippen LogP contribution is 2.16. The maximum Gasteiger partial charge on any atom is 0.250 e. The highest BCUT2D eigenvalue weighted by Gasteiger charge is 2.36. The SMILES string of the molecule is O=C1C=CC(=O)N1.O=C1CC(C(=O)c2ccccc2)C(=O)N1. The molecule has 1 atom stereocenters. The summed E-state index contributed by atoms with van der Waals surface area (Å²) in [5.41, 5.74) is 0.465. The fourth-order valence-electron chi connectivity index (χ4n) is 1.93. The van der Waals surface area contributed by atoms with Crippen LogP contribution in [-0.4, -0.2) is 29.4 Å². The molecule has 1 unspecified atom stereocenters. The Balaban J connectivity index is 0.000000211. The Labute approximate surface area is 125 Å². The van der Waals surface area contributed by atoms with Gasteiger partial charge in [0.2, 0.25) is 11.8 Å². The average Bonchev–Trinajstić information content (AvgIpc) is 3.04. The van der Waals surface area contributed by atoms with E-state index in [-0.39, 0.29) is 29.9 Å². The first kappa shape index (κ1) is 15.3. The molecule has 0 bridgehead atoms. The van der Waals surface area contributed by atoms with Crippen LogP contribution in [0.5, 0.6) is 0 Å². The van der Waals surface area contributed by atoms with E-state index in [0.717, 1.165) is 0 Å². The van der Waals surface area contributed by atoms with Gasteiger partial charge in [0.05, 0.1) is 0 Å². The molecule has 0 aliphatic carbocycles. The number of hydrogen-bond donors (Lipinski definition) is 2. The minimum Gasteiger partial charge on any atom is -0.296 e. The third-order valence-electron chi connectivity index (χ3n) is 2.98. The lowest BCUT2D eigenvalue weighted by atomic mass is 9.96. The zero-order valence-electron chi connectivity index (χ0n) is 11.4. The summed E-state index contributed by atoms with van der Waals surface area (Å²) in [6.45, 7) is 0. The molecular formula is C15H12N2O5. The van der Waals surface area contributed by atoms with Crippen molar-refractivity contribution in [3.05, 3.63) is 48.0 Å². The fraction of sp³-hybridized carbons (Fsp3) is 0.133. The van der Waals surface area contributed by atoms with Crippen LogP contribution in [0, 0.1) is 5.92 Å². The number of Topliss-reactive ketones (excluding diaryl/α,β-unsaturated/α-hetero) is 1. The van der Waals surface area contributed by atoms with Gasteiger partial charge in [-0.05, 0) is 0 Å². The molecule has 2 aliphatic heterocycles. The highest BCUT2D eigenvalue weighted by atomic mass is 16.2. The molecular weight excluding hydrogens is 288 g/mol. The maximum absolute atomic E-state index is 11.8. The van der Waals surface area contributed by atoms with Crippen molar-refractivity contribution in [2.45, 2.75) is 6.42 Å². The summed E-state index contributed by atoms with van der Waals surface area (Å²) in [6, 6.07) is 8.51. The van der Waals surface area contributed by atoms with Crippen LogP contribution in [0.1, 0.15) is 16.8 Å². The van der Waals surface area contributed by atoms with E-state index >= 15 is 0 Å². The van der Waals surface area contributed by atoms with Crippen molar-refractivity contribution >= 4 is 29.4 Å². The van der Waals surface area contributed by atoms with E-state index in [4.69, 9.17) is 0 Å². The lowest BCUT2D eigenvalue weighted by Crippen LogP contribution is -2.26. The molecule has 2 aliphatic rings. The molecule has 0 spiro atoms. The lowest BCUT2D eigenvalue weighted by molar-refractivity contribution is -0.126. The Morgan fingerprint density at radius 1 is 0.909 bits per heavy atom. The number of amides is 4. The summed E-state index contributed by atoms with van der Waals surface area (Å²) in [7, 11) is 0. The summed E-state index contributed by atoms with van der Waals surface area (Å²) in [5.74, 6) is -2.67. The van der Waals surface area contributed by atoms with Crippen LogP contribution < -0.4 is 10.6 Å². The van der Waals surface area contributed by atoms with Crippen LogP contribution in [0.25, 0.3) is 0 Å². The third kappa shape index (κ3) is 3.72. The normalized spacial score (nSPS) is 19.4. The van der Waals surface area contributed by atoms with Gasteiger partial charge in [0.1, 0.15) is 5.92 Å². The second-order valence-corrected chi connectivity index (χ2v) is 4.59. The molecule has 0 radical (unpaired) electrons. The Hall–Kier alpha value is -3.09. The van der Waals surface area contributed by atoms with E-state index in [1.54, 1.807) is 30.3 Å². The van der Waals surface area contributed by atoms with Gasteiger partial charge >= 0.3 is 0 Å². The number of carbonyl (C=O) groups excluding carboxylic acids is 5. The van der Waals surface area contributed by atoms with Crippen LogP contribution in [0.4, 0.5) is 0 Å². The van der Waals surface area contributed by atoms with Gasteiger partial charge in [-0.15, -0.1) is 0 Å². The van der Waals surface area contributed by atoms with Crippen molar-refractivity contribution in [3.8, 4) is 0 Å². The molecule has 7 heteroatoms. The molecule has 112 valence electrons. The van der Waals surface area contributed by atoms with E-state index in [2.05, 4.69) is 5.32 Å². The van der Waals surface area contributed by atoms with E-state index in [1.807, 2.05) is 5.32 Å². The number of hydrogen-bond acceptors (Lipinski definition) is 5. The lowest BCUT2D eigenvalue weighted by Gasteiger charge is -2.03. The highest BCUT2D eigenvalue weighted by molar-refractivity contribution is 6.18. The maximum atomic E-state index is 11.8. The number of rotatable bonds is 2. The monoisotopic (exact) mass is 300 g/mol. The van der Waals surface area contributed by atoms with E-state index in [1.165, 1.54) is 12.2 Å². The van der Waals surface area contributed by atoms with E-state index in [0.29, 0.717) is 5.56 Å². The molecule has 0 saturated carbocycles. The fourth-order valence-corrected chi connectivity index (χ4v) is 1.93. The molecule has 2 heterocycles. The topological polar surface area (TPSA) is 109 Å². The van der Waals surface area contributed by atoms with Gasteiger partial charge in [-0.1, -0.05) is 30.3 Å². The summed E-state index contributed by atoms with van der Waals surface area (Å²) in [6.07, 6.45) is 2.36. The molecule has 1 saturated heterocycles. The Morgan fingerprint density at radius 2 is 1.50 bits per heavy atom. The van der Waals surface area contributed by atoms with Crippen molar-refractivity contribution in [3.63, 3.8) is 0 Å². The number of benzene rings is 1. The van der Waals surface area contributed by atoms with Crippen molar-refractivity contribution in [2.24, 2.45) is 5.92 Å². The number of nitrogens with one attached hydrogen (secondary N) is 2. The largest absolute Gasteiger partial charge is 0.296 e. The minimum absolute atomic E-state index is 0.0352. The predicted molar refractivity (Wildman–Crippen MR) is 74.3 cm³/mol. The first-order valence-electron chi connectivity index (χ1n) is 6.43. The quantitative estimate of drug-likeness (QED) is 0.444. The molecule has 1 fully saturated rings. The molecule has 3 rings (SSSR count). The van der Waals surface area contributed by atoms with Gasteiger partial charge < -0.3 is 0 Å². The zero-order chi connectivity index (χ0) is 16.1. The van der Waals surface area contributed by atoms with Gasteiger partial charge in [-0.25, -0.2) is 0 Å². The molecule has 7 nitrogen and oxygen atoms in total. The zero-order valence-corrected chi connectivity index (χ0v) is 11.4. The standard InChI is InChI=1S/C11H9NO3.C4H3NO2/c13-9-6-8(11(15)12-9)10(14)7-4-2-1-3-5-7;6-3-1-2-4(7)5-3/h1-5,8H,6H2,(H,12,13,15);1-2H,(H,5,6,7). The molecule has 4 amide bonds. The van der Waals surface area contributed by atoms with Crippen LogP contribution >= 0.6 is 0 Å². The van der Waals surface area contributed by atoms with Crippen LogP contribution in [0.3, 0.4) is 0 Å². The first-order chi connectivity index (χ1) is 10.5. The van der Waals surface area contributed by atoms with Gasteiger partial charge in [-0.2, -0.15) is 0 Å². The van der Waals surface area contributed by atoms with Crippen molar-refractivity contribution < 1.29 is 24.0 Å². The number of imide groups is 2. The van der Waals surface area contributed by atoms with E-state index in [9.17, 15) is 24.0 Å². The van der Waals surface area contributed by atoms with E-state index < -0.39 is 11.8 Å².